The highest BCUT2D eigenvalue weighted by Gasteiger charge is 2.27. The Labute approximate surface area is 181 Å². The fourth-order valence-electron chi connectivity index (χ4n) is 2.76. The number of thioether (sulfide) groups is 1. The SMILES string of the molecule is COc1ccc(-c2nc(SC)[nH]c(=O)c2C#N)cc1COc1c(F)c(F)c(F)c(F)c1F. The van der Waals surface area contributed by atoms with Gasteiger partial charge in [-0.25, -0.2) is 18.2 Å². The van der Waals surface area contributed by atoms with Gasteiger partial charge in [-0.15, -0.1) is 0 Å². The highest BCUT2D eigenvalue weighted by atomic mass is 32.2. The maximum atomic E-state index is 13.9. The number of nitrogens with zero attached hydrogens (tertiary/aromatic N) is 2. The van der Waals surface area contributed by atoms with Crippen LogP contribution in [-0.4, -0.2) is 23.3 Å². The average Bonchev–Trinajstić information content (AvgIpc) is 2.80. The first-order valence-corrected chi connectivity index (χ1v) is 9.85. The molecule has 0 saturated heterocycles. The molecule has 0 saturated carbocycles. The molecule has 166 valence electrons. The fourth-order valence-corrected chi connectivity index (χ4v) is 3.14. The molecule has 0 unspecified atom stereocenters. The lowest BCUT2D eigenvalue weighted by Crippen LogP contribution is -2.14. The first kappa shape index (κ1) is 23.1. The van der Waals surface area contributed by atoms with E-state index in [4.69, 9.17) is 9.47 Å². The van der Waals surface area contributed by atoms with Gasteiger partial charge in [-0.3, -0.25) is 4.79 Å². The third-order valence-electron chi connectivity index (χ3n) is 4.30. The van der Waals surface area contributed by atoms with E-state index in [0.29, 0.717) is 0 Å². The molecule has 0 fully saturated rings. The second-order valence-electron chi connectivity index (χ2n) is 6.12. The second-order valence-corrected chi connectivity index (χ2v) is 6.92. The summed E-state index contributed by atoms with van der Waals surface area (Å²) in [6.45, 7) is -0.657. The number of benzene rings is 2. The van der Waals surface area contributed by atoms with E-state index in [2.05, 4.69) is 9.97 Å². The molecule has 6 nitrogen and oxygen atoms in total. The second kappa shape index (κ2) is 9.27. The molecular formula is C20H12F5N3O3S. The average molecular weight is 469 g/mol. The van der Waals surface area contributed by atoms with Gasteiger partial charge < -0.3 is 14.5 Å². The van der Waals surface area contributed by atoms with Crippen LogP contribution >= 0.6 is 11.8 Å². The molecule has 0 atom stereocenters. The Hall–Kier alpha value is -3.59. The maximum absolute atomic E-state index is 13.9. The summed E-state index contributed by atoms with van der Waals surface area (Å²) in [5.41, 5.74) is -0.525. The summed E-state index contributed by atoms with van der Waals surface area (Å²) in [5.74, 6) is -12.1. The summed E-state index contributed by atoms with van der Waals surface area (Å²) in [5, 5.41) is 9.57. The van der Waals surface area contributed by atoms with Crippen molar-refractivity contribution < 1.29 is 31.4 Å². The third kappa shape index (κ3) is 4.11. The molecule has 3 aromatic rings. The number of ether oxygens (including phenoxy) is 2. The quantitative estimate of drug-likeness (QED) is 0.190. The van der Waals surface area contributed by atoms with E-state index < -0.39 is 47.0 Å². The molecule has 1 aromatic heterocycles. The van der Waals surface area contributed by atoms with Crippen LogP contribution in [-0.2, 0) is 6.61 Å². The Bertz CT molecular complexity index is 1280. The van der Waals surface area contributed by atoms with Crippen molar-refractivity contribution in [1.82, 2.24) is 9.97 Å². The molecule has 0 aliphatic rings. The van der Waals surface area contributed by atoms with Crippen molar-refractivity contribution in [3.05, 3.63) is 68.8 Å². The van der Waals surface area contributed by atoms with E-state index in [0.717, 1.165) is 11.8 Å². The first-order chi connectivity index (χ1) is 15.2. The van der Waals surface area contributed by atoms with E-state index in [1.165, 1.54) is 25.3 Å². The van der Waals surface area contributed by atoms with E-state index in [1.807, 2.05) is 0 Å². The fraction of sp³-hybridized carbons (Fsp3) is 0.150. The number of hydrogen-bond acceptors (Lipinski definition) is 6. The maximum Gasteiger partial charge on any atom is 0.270 e. The Balaban J connectivity index is 2.06. The van der Waals surface area contributed by atoms with Crippen molar-refractivity contribution in [1.29, 1.82) is 5.26 Å². The molecule has 2 aromatic carbocycles. The number of nitriles is 1. The molecule has 12 heteroatoms. The van der Waals surface area contributed by atoms with Crippen molar-refractivity contribution in [3.63, 3.8) is 0 Å². The molecule has 0 aliphatic heterocycles. The molecule has 0 amide bonds. The summed E-state index contributed by atoms with van der Waals surface area (Å²) in [4.78, 5) is 18.8. The number of hydrogen-bond donors (Lipinski definition) is 1. The van der Waals surface area contributed by atoms with Gasteiger partial charge in [0, 0.05) is 11.1 Å². The number of H-pyrrole nitrogens is 1. The summed E-state index contributed by atoms with van der Waals surface area (Å²) in [6, 6.07) is 6.01. The summed E-state index contributed by atoms with van der Waals surface area (Å²) < 4.78 is 77.9. The molecule has 0 bridgehead atoms. The van der Waals surface area contributed by atoms with E-state index in [-0.39, 0.29) is 33.3 Å². The number of rotatable bonds is 6. The molecule has 0 aliphatic carbocycles. The van der Waals surface area contributed by atoms with Crippen LogP contribution in [0.3, 0.4) is 0 Å². The van der Waals surface area contributed by atoms with Gasteiger partial charge >= 0.3 is 0 Å². The zero-order valence-electron chi connectivity index (χ0n) is 16.4. The molecular weight excluding hydrogens is 457 g/mol. The van der Waals surface area contributed by atoms with Crippen LogP contribution in [0.25, 0.3) is 11.3 Å². The minimum absolute atomic E-state index is 0.0285. The Morgan fingerprint density at radius 2 is 1.72 bits per heavy atom. The molecule has 0 radical (unpaired) electrons. The normalized spacial score (nSPS) is 10.7. The van der Waals surface area contributed by atoms with Crippen LogP contribution in [0.2, 0.25) is 0 Å². The van der Waals surface area contributed by atoms with E-state index >= 15 is 0 Å². The van der Waals surface area contributed by atoms with Gasteiger partial charge in [0.05, 0.1) is 12.8 Å². The first-order valence-electron chi connectivity index (χ1n) is 8.63. The lowest BCUT2D eigenvalue weighted by molar-refractivity contribution is 0.249. The van der Waals surface area contributed by atoms with Crippen molar-refractivity contribution in [3.8, 4) is 28.8 Å². The van der Waals surface area contributed by atoms with Crippen LogP contribution in [0, 0.1) is 40.4 Å². The number of aromatic nitrogens is 2. The predicted molar refractivity (Wildman–Crippen MR) is 104 cm³/mol. The topological polar surface area (TPSA) is 88.0 Å². The summed E-state index contributed by atoms with van der Waals surface area (Å²) in [6.07, 6.45) is 1.66. The Morgan fingerprint density at radius 3 is 2.28 bits per heavy atom. The van der Waals surface area contributed by atoms with Crippen LogP contribution in [0.1, 0.15) is 11.1 Å². The van der Waals surface area contributed by atoms with Crippen LogP contribution in [0.5, 0.6) is 11.5 Å². The van der Waals surface area contributed by atoms with E-state index in [9.17, 15) is 32.0 Å². The van der Waals surface area contributed by atoms with Gasteiger partial charge in [0.1, 0.15) is 24.0 Å². The number of aromatic amines is 1. The molecule has 32 heavy (non-hydrogen) atoms. The van der Waals surface area contributed by atoms with Gasteiger partial charge in [0.2, 0.25) is 29.1 Å². The third-order valence-corrected chi connectivity index (χ3v) is 4.88. The highest BCUT2D eigenvalue weighted by Crippen LogP contribution is 2.32. The highest BCUT2D eigenvalue weighted by molar-refractivity contribution is 7.98. The molecule has 3 rings (SSSR count). The van der Waals surface area contributed by atoms with Gasteiger partial charge in [0.15, 0.2) is 10.9 Å². The van der Waals surface area contributed by atoms with Gasteiger partial charge in [-0.1, -0.05) is 11.8 Å². The minimum atomic E-state index is -2.30. The van der Waals surface area contributed by atoms with Gasteiger partial charge in [-0.05, 0) is 24.5 Å². The number of halogens is 5. The van der Waals surface area contributed by atoms with Crippen LogP contribution < -0.4 is 15.0 Å². The van der Waals surface area contributed by atoms with Gasteiger partial charge in [-0.2, -0.15) is 14.0 Å². The lowest BCUT2D eigenvalue weighted by Gasteiger charge is -2.14. The zero-order chi connectivity index (χ0) is 23.6. The lowest BCUT2D eigenvalue weighted by atomic mass is 10.0. The number of nitrogens with one attached hydrogen (secondary N) is 1. The van der Waals surface area contributed by atoms with Crippen molar-refractivity contribution in [2.45, 2.75) is 11.8 Å². The van der Waals surface area contributed by atoms with Crippen molar-refractivity contribution in [2.75, 3.05) is 13.4 Å². The summed E-state index contributed by atoms with van der Waals surface area (Å²) >= 11 is 1.13. The number of methoxy groups -OCH3 is 1. The van der Waals surface area contributed by atoms with Crippen molar-refractivity contribution in [2.24, 2.45) is 0 Å². The van der Waals surface area contributed by atoms with Crippen LogP contribution in [0.15, 0.2) is 28.2 Å². The Morgan fingerprint density at radius 1 is 1.09 bits per heavy atom. The monoisotopic (exact) mass is 469 g/mol. The largest absolute Gasteiger partial charge is 0.496 e. The Kier molecular flexibility index (Phi) is 6.69. The minimum Gasteiger partial charge on any atom is -0.496 e. The van der Waals surface area contributed by atoms with Crippen LogP contribution in [0.4, 0.5) is 22.0 Å². The van der Waals surface area contributed by atoms with Gasteiger partial charge in [0.25, 0.3) is 5.56 Å². The molecule has 1 N–H and O–H groups in total. The van der Waals surface area contributed by atoms with Crippen molar-refractivity contribution >= 4 is 11.8 Å². The smallest absolute Gasteiger partial charge is 0.270 e. The van der Waals surface area contributed by atoms with E-state index in [1.54, 1.807) is 12.3 Å². The predicted octanol–water partition coefficient (Wildman–Crippen LogP) is 4.31. The molecule has 1 heterocycles. The molecule has 0 spiro atoms. The zero-order valence-corrected chi connectivity index (χ0v) is 17.2. The standard InChI is InChI=1S/C20H12F5N3O3S/c1-30-11-4-3-8(17-10(6-26)19(29)28-20(27-17)32-2)5-9(11)7-31-18-15(24)13(22)12(21)14(23)16(18)25/h3-5H,7H2,1-2H3,(H,27,28,29). The summed E-state index contributed by atoms with van der Waals surface area (Å²) in [7, 11) is 1.29.